The molecule has 12 heteroatoms. The number of hydrogen-bond donors (Lipinski definition) is 5. The normalized spacial score (nSPS) is 16.0. The first-order valence-corrected chi connectivity index (χ1v) is 21.6. The van der Waals surface area contributed by atoms with Crippen molar-refractivity contribution in [2.75, 3.05) is 33.0 Å². The molecule has 0 saturated heterocycles. The Labute approximate surface area is 321 Å². The summed E-state index contributed by atoms with van der Waals surface area (Å²) in [6.45, 7) is 4.18. The first-order valence-electron chi connectivity index (χ1n) is 20.1. The van der Waals surface area contributed by atoms with Crippen molar-refractivity contribution >= 4 is 13.8 Å². The highest BCUT2D eigenvalue weighted by Crippen LogP contribution is 2.43. The second kappa shape index (κ2) is 37.0. The zero-order valence-electron chi connectivity index (χ0n) is 32.8. The van der Waals surface area contributed by atoms with E-state index in [1.807, 2.05) is 13.0 Å². The van der Waals surface area contributed by atoms with Crippen LogP contribution in [0.1, 0.15) is 136 Å². The van der Waals surface area contributed by atoms with Gasteiger partial charge in [0.1, 0.15) is 6.10 Å². The van der Waals surface area contributed by atoms with Gasteiger partial charge in [-0.1, -0.05) is 158 Å². The van der Waals surface area contributed by atoms with Gasteiger partial charge in [-0.25, -0.2) is 4.57 Å². The molecule has 0 aliphatic carbocycles. The standard InChI is InChI=1S/C41H74NO10P/c1-3-5-6-7-8-9-10-11-12-13-14-15-18-24-33-49-35-40(36-51-53(47,48)50-34-32-42)52-41(46)31-25-30-39(45)28-21-17-16-20-27-38(44)29-23-19-22-26-37(43)4-2/h16-17,19-23,26-28,37-40,43-45H,3-15,18,24-25,29-36,42H2,1-2H3,(H,47,48)/b17-16-,23-19-,26-22+,27-20+,28-21+. The minimum Gasteiger partial charge on any atom is -0.457 e. The van der Waals surface area contributed by atoms with Gasteiger partial charge in [0.15, 0.2) is 0 Å². The number of phosphoric acid groups is 1. The number of allylic oxidation sites excluding steroid dienone is 6. The van der Waals surface area contributed by atoms with Crippen LogP contribution in [-0.4, -0.2) is 83.6 Å². The summed E-state index contributed by atoms with van der Waals surface area (Å²) < 4.78 is 33.1. The number of carbonyl (C=O) groups is 1. The molecule has 0 aliphatic rings. The number of nitrogens with two attached hydrogens (primary N) is 1. The van der Waals surface area contributed by atoms with Crippen LogP contribution in [0.5, 0.6) is 0 Å². The quantitative estimate of drug-likeness (QED) is 0.0178. The Bertz CT molecular complexity index is 1050. The molecule has 0 aliphatic heterocycles. The first kappa shape index (κ1) is 51.1. The van der Waals surface area contributed by atoms with E-state index < -0.39 is 38.2 Å². The molecule has 0 aromatic heterocycles. The maximum Gasteiger partial charge on any atom is 0.472 e. The van der Waals surface area contributed by atoms with Gasteiger partial charge < -0.3 is 35.4 Å². The van der Waals surface area contributed by atoms with Crippen LogP contribution in [0.4, 0.5) is 0 Å². The number of rotatable bonds is 37. The molecule has 53 heavy (non-hydrogen) atoms. The van der Waals surface area contributed by atoms with Crippen LogP contribution in [0.2, 0.25) is 0 Å². The van der Waals surface area contributed by atoms with Crippen molar-refractivity contribution in [1.29, 1.82) is 0 Å². The lowest BCUT2D eigenvalue weighted by Gasteiger charge is -2.20. The Hall–Kier alpha value is -1.92. The van der Waals surface area contributed by atoms with Gasteiger partial charge in [-0.2, -0.15) is 0 Å². The van der Waals surface area contributed by atoms with E-state index in [0.29, 0.717) is 32.3 Å². The molecule has 0 amide bonds. The molecular weight excluding hydrogens is 697 g/mol. The Morgan fingerprint density at radius 2 is 1.21 bits per heavy atom. The summed E-state index contributed by atoms with van der Waals surface area (Å²) in [7, 11) is -4.35. The van der Waals surface area contributed by atoms with Gasteiger partial charge >= 0.3 is 13.8 Å². The van der Waals surface area contributed by atoms with E-state index >= 15 is 0 Å². The maximum absolute atomic E-state index is 12.6. The van der Waals surface area contributed by atoms with Gasteiger partial charge in [-0.3, -0.25) is 13.8 Å². The van der Waals surface area contributed by atoms with Crippen LogP contribution in [-0.2, 0) is 27.9 Å². The van der Waals surface area contributed by atoms with Gasteiger partial charge in [-0.05, 0) is 32.1 Å². The average molecular weight is 772 g/mol. The second-order valence-electron chi connectivity index (χ2n) is 13.4. The number of esters is 1. The molecule has 0 fully saturated rings. The molecule has 0 saturated carbocycles. The van der Waals surface area contributed by atoms with Crippen LogP contribution < -0.4 is 5.73 Å². The largest absolute Gasteiger partial charge is 0.472 e. The lowest BCUT2D eigenvalue weighted by Crippen LogP contribution is -2.28. The van der Waals surface area contributed by atoms with Crippen LogP contribution in [0, 0.1) is 0 Å². The van der Waals surface area contributed by atoms with E-state index in [2.05, 4.69) is 6.92 Å². The van der Waals surface area contributed by atoms with Gasteiger partial charge in [0.05, 0.1) is 38.1 Å². The summed E-state index contributed by atoms with van der Waals surface area (Å²) in [4.78, 5) is 22.4. The van der Waals surface area contributed by atoms with Crippen LogP contribution in [0.3, 0.4) is 0 Å². The van der Waals surface area contributed by atoms with E-state index in [-0.39, 0.29) is 32.8 Å². The number of ether oxygens (including phenoxy) is 2. The Kier molecular flexibility index (Phi) is 35.7. The number of hydrogen-bond acceptors (Lipinski definition) is 10. The second-order valence-corrected chi connectivity index (χ2v) is 14.8. The average Bonchev–Trinajstić information content (AvgIpc) is 3.13. The third kappa shape index (κ3) is 36.8. The molecule has 0 aromatic carbocycles. The Balaban J connectivity index is 4.39. The smallest absolute Gasteiger partial charge is 0.457 e. The number of aliphatic hydroxyl groups is 3. The molecule has 0 heterocycles. The molecule has 0 radical (unpaired) electrons. The molecule has 0 spiro atoms. The molecule has 0 bridgehead atoms. The molecule has 0 aromatic rings. The van der Waals surface area contributed by atoms with Gasteiger partial charge in [0.25, 0.3) is 0 Å². The van der Waals surface area contributed by atoms with Gasteiger partial charge in [0, 0.05) is 19.6 Å². The van der Waals surface area contributed by atoms with Gasteiger partial charge in [-0.15, -0.1) is 0 Å². The first-order chi connectivity index (χ1) is 25.6. The van der Waals surface area contributed by atoms with Crippen molar-refractivity contribution in [3.8, 4) is 0 Å². The van der Waals surface area contributed by atoms with Crippen molar-refractivity contribution in [2.45, 2.75) is 160 Å². The maximum atomic E-state index is 12.6. The lowest BCUT2D eigenvalue weighted by atomic mass is 10.0. The summed E-state index contributed by atoms with van der Waals surface area (Å²) in [5, 5.41) is 29.7. The van der Waals surface area contributed by atoms with Crippen molar-refractivity contribution in [3.05, 3.63) is 60.8 Å². The van der Waals surface area contributed by atoms with Crippen molar-refractivity contribution in [2.24, 2.45) is 5.73 Å². The summed E-state index contributed by atoms with van der Waals surface area (Å²) in [5.41, 5.74) is 5.34. The topological polar surface area (TPSA) is 178 Å². The molecule has 11 nitrogen and oxygen atoms in total. The fraction of sp³-hybridized carbons (Fsp3) is 0.732. The van der Waals surface area contributed by atoms with Crippen molar-refractivity contribution < 1.29 is 48.1 Å². The van der Waals surface area contributed by atoms with Crippen molar-refractivity contribution in [3.63, 3.8) is 0 Å². The summed E-state index contributed by atoms with van der Waals surface area (Å²) >= 11 is 0. The highest BCUT2D eigenvalue weighted by Gasteiger charge is 2.25. The SMILES string of the molecule is CCCCCCCCCCCCCCCCOCC(COP(=O)(O)OCCN)OC(=O)CCCC(O)/C=C/C=C\C=C\C(O)C/C=C\C=C\C(O)CC. The number of unbranched alkanes of at least 4 members (excludes halogenated alkanes) is 13. The zero-order valence-corrected chi connectivity index (χ0v) is 33.7. The minimum absolute atomic E-state index is 0.0162. The monoisotopic (exact) mass is 772 g/mol. The molecule has 5 unspecified atom stereocenters. The number of phosphoric ester groups is 1. The minimum atomic E-state index is -4.35. The fourth-order valence-corrected chi connectivity index (χ4v) is 5.89. The highest BCUT2D eigenvalue weighted by atomic mass is 31.2. The van der Waals surface area contributed by atoms with E-state index in [1.54, 1.807) is 54.7 Å². The highest BCUT2D eigenvalue weighted by molar-refractivity contribution is 7.47. The predicted octanol–water partition coefficient (Wildman–Crippen LogP) is 8.32. The third-order valence-corrected chi connectivity index (χ3v) is 9.28. The van der Waals surface area contributed by atoms with Crippen molar-refractivity contribution in [1.82, 2.24) is 0 Å². The van der Waals surface area contributed by atoms with E-state index in [4.69, 9.17) is 24.3 Å². The number of aliphatic hydroxyl groups excluding tert-OH is 3. The molecule has 308 valence electrons. The Morgan fingerprint density at radius 3 is 1.79 bits per heavy atom. The lowest BCUT2D eigenvalue weighted by molar-refractivity contribution is -0.154. The van der Waals surface area contributed by atoms with E-state index in [1.165, 1.54) is 70.6 Å². The third-order valence-electron chi connectivity index (χ3n) is 8.30. The van der Waals surface area contributed by atoms with Crippen LogP contribution >= 0.6 is 7.82 Å². The zero-order chi connectivity index (χ0) is 39.3. The van der Waals surface area contributed by atoms with E-state index in [0.717, 1.165) is 19.3 Å². The van der Waals surface area contributed by atoms with E-state index in [9.17, 15) is 29.6 Å². The summed E-state index contributed by atoms with van der Waals surface area (Å²) in [6, 6.07) is 0. The van der Waals surface area contributed by atoms with Crippen LogP contribution in [0.25, 0.3) is 0 Å². The molecule has 5 atom stereocenters. The molecule has 0 rings (SSSR count). The fourth-order valence-electron chi connectivity index (χ4n) is 5.13. The summed E-state index contributed by atoms with van der Waals surface area (Å²) in [5.74, 6) is -0.529. The van der Waals surface area contributed by atoms with Gasteiger partial charge in [0.2, 0.25) is 0 Å². The van der Waals surface area contributed by atoms with Crippen LogP contribution in [0.15, 0.2) is 60.8 Å². The Morgan fingerprint density at radius 1 is 0.660 bits per heavy atom. The predicted molar refractivity (Wildman–Crippen MR) is 214 cm³/mol. The summed E-state index contributed by atoms with van der Waals surface area (Å²) in [6.07, 6.45) is 33.9. The molecular formula is C41H74NO10P. The molecule has 6 N–H and O–H groups in total. The number of carbonyl (C=O) groups excluding carboxylic acids is 1.